The monoisotopic (exact) mass is 301 g/mol. The van der Waals surface area contributed by atoms with Crippen molar-refractivity contribution in [1.29, 1.82) is 0 Å². The van der Waals surface area contributed by atoms with Crippen LogP contribution < -0.4 is 4.74 Å². The number of benzene rings is 1. The van der Waals surface area contributed by atoms with Crippen LogP contribution in [0.15, 0.2) is 29.2 Å². The number of carbonyl (C=O) groups excluding carboxylic acids is 1. The van der Waals surface area contributed by atoms with Crippen molar-refractivity contribution >= 4 is 16.0 Å². The van der Waals surface area contributed by atoms with Crippen LogP contribution in [-0.2, 0) is 19.6 Å². The maximum Gasteiger partial charge on any atom is 0.321 e. The molecule has 0 atom stereocenters. The maximum atomic E-state index is 12.4. The molecule has 0 amide bonds. The van der Waals surface area contributed by atoms with E-state index in [9.17, 15) is 13.2 Å². The summed E-state index contributed by atoms with van der Waals surface area (Å²) in [6, 6.07) is 6.01. The van der Waals surface area contributed by atoms with Crippen LogP contribution in [0.4, 0.5) is 0 Å². The zero-order valence-corrected chi connectivity index (χ0v) is 12.6. The van der Waals surface area contributed by atoms with E-state index in [-0.39, 0.29) is 24.6 Å². The first-order valence-electron chi connectivity index (χ1n) is 6.25. The fourth-order valence-corrected chi connectivity index (χ4v) is 3.01. The predicted octanol–water partition coefficient (Wildman–Crippen LogP) is 1.27. The third kappa shape index (κ3) is 3.94. The number of methoxy groups -OCH3 is 1. The fraction of sp³-hybridized carbons (Fsp3) is 0.462. The Morgan fingerprint density at radius 2 is 1.80 bits per heavy atom. The van der Waals surface area contributed by atoms with Crippen molar-refractivity contribution in [2.24, 2.45) is 0 Å². The van der Waals surface area contributed by atoms with Crippen LogP contribution >= 0.6 is 0 Å². The largest absolute Gasteiger partial charge is 0.497 e. The molecule has 112 valence electrons. The molecule has 0 aliphatic carbocycles. The lowest BCUT2D eigenvalue weighted by Crippen LogP contribution is -2.36. The summed E-state index contributed by atoms with van der Waals surface area (Å²) in [6.45, 7) is 3.46. The molecular weight excluding hydrogens is 282 g/mol. The molecule has 0 bridgehead atoms. The summed E-state index contributed by atoms with van der Waals surface area (Å²) in [4.78, 5) is 11.6. The van der Waals surface area contributed by atoms with Crippen LogP contribution in [0.5, 0.6) is 5.75 Å². The van der Waals surface area contributed by atoms with Gasteiger partial charge in [-0.2, -0.15) is 4.31 Å². The molecule has 0 radical (unpaired) electrons. The fourth-order valence-electron chi connectivity index (χ4n) is 1.61. The smallest absolute Gasteiger partial charge is 0.321 e. The van der Waals surface area contributed by atoms with E-state index < -0.39 is 16.0 Å². The summed E-state index contributed by atoms with van der Waals surface area (Å²) >= 11 is 0. The number of likely N-dealkylation sites (N-methyl/N-ethyl adjacent to an activating group) is 1. The summed E-state index contributed by atoms with van der Waals surface area (Å²) in [5.74, 6) is 0.00354. The maximum absolute atomic E-state index is 12.4. The summed E-state index contributed by atoms with van der Waals surface area (Å²) in [5, 5.41) is 0. The molecule has 0 unspecified atom stereocenters. The molecule has 0 aromatic heterocycles. The van der Waals surface area contributed by atoms with E-state index >= 15 is 0 Å². The van der Waals surface area contributed by atoms with Crippen LogP contribution in [0, 0.1) is 0 Å². The lowest BCUT2D eigenvalue weighted by atomic mass is 10.3. The molecule has 0 spiro atoms. The number of rotatable bonds is 7. The highest BCUT2D eigenvalue weighted by Gasteiger charge is 2.25. The number of carbonyl (C=O) groups is 1. The zero-order chi connectivity index (χ0) is 15.2. The van der Waals surface area contributed by atoms with Gasteiger partial charge >= 0.3 is 5.97 Å². The number of hydrogen-bond donors (Lipinski definition) is 0. The molecule has 20 heavy (non-hydrogen) atoms. The highest BCUT2D eigenvalue weighted by molar-refractivity contribution is 7.89. The Bertz CT molecular complexity index is 538. The molecule has 0 heterocycles. The van der Waals surface area contributed by atoms with Crippen molar-refractivity contribution in [2.45, 2.75) is 18.7 Å². The van der Waals surface area contributed by atoms with Crippen molar-refractivity contribution < 1.29 is 22.7 Å². The first kappa shape index (κ1) is 16.5. The van der Waals surface area contributed by atoms with Crippen molar-refractivity contribution in [3.05, 3.63) is 24.3 Å². The number of esters is 1. The van der Waals surface area contributed by atoms with Crippen LogP contribution in [0.3, 0.4) is 0 Å². The molecule has 0 fully saturated rings. The van der Waals surface area contributed by atoms with Gasteiger partial charge in [0.1, 0.15) is 12.3 Å². The van der Waals surface area contributed by atoms with Gasteiger partial charge in [-0.25, -0.2) is 8.42 Å². The average molecular weight is 301 g/mol. The number of nitrogens with zero attached hydrogens (tertiary/aromatic N) is 1. The van der Waals surface area contributed by atoms with Gasteiger partial charge in [-0.15, -0.1) is 0 Å². The zero-order valence-electron chi connectivity index (χ0n) is 11.8. The topological polar surface area (TPSA) is 72.9 Å². The second kappa shape index (κ2) is 7.25. The third-order valence-corrected chi connectivity index (χ3v) is 4.60. The molecule has 0 aliphatic heterocycles. The predicted molar refractivity (Wildman–Crippen MR) is 74.1 cm³/mol. The first-order valence-corrected chi connectivity index (χ1v) is 7.69. The quantitative estimate of drug-likeness (QED) is 0.709. The number of sulfonamides is 1. The summed E-state index contributed by atoms with van der Waals surface area (Å²) in [7, 11) is -2.21. The third-order valence-electron chi connectivity index (χ3n) is 2.66. The first-order chi connectivity index (χ1) is 9.45. The Hall–Kier alpha value is -1.60. The van der Waals surface area contributed by atoms with Gasteiger partial charge in [0.05, 0.1) is 18.6 Å². The Labute approximate surface area is 119 Å². The van der Waals surface area contributed by atoms with E-state index in [1.807, 2.05) is 0 Å². The lowest BCUT2D eigenvalue weighted by molar-refractivity contribution is -0.143. The van der Waals surface area contributed by atoms with E-state index in [0.29, 0.717) is 5.75 Å². The minimum atomic E-state index is -3.71. The minimum Gasteiger partial charge on any atom is -0.497 e. The molecule has 0 saturated carbocycles. The van der Waals surface area contributed by atoms with Gasteiger partial charge in [0.15, 0.2) is 0 Å². The second-order valence-electron chi connectivity index (χ2n) is 3.91. The standard InChI is InChI=1S/C13H19NO5S/c1-4-14(10-13(15)19-5-2)20(16,17)12-8-6-11(18-3)7-9-12/h6-9H,4-5,10H2,1-3H3. The Morgan fingerprint density at radius 3 is 2.25 bits per heavy atom. The van der Waals surface area contributed by atoms with E-state index in [1.165, 1.54) is 19.2 Å². The average Bonchev–Trinajstić information content (AvgIpc) is 2.45. The molecule has 1 rings (SSSR count). The van der Waals surface area contributed by atoms with E-state index in [1.54, 1.807) is 26.0 Å². The Balaban J connectivity index is 2.95. The molecular formula is C13H19NO5S. The SMILES string of the molecule is CCOC(=O)CN(CC)S(=O)(=O)c1ccc(OC)cc1. The van der Waals surface area contributed by atoms with Gasteiger partial charge in [-0.05, 0) is 31.2 Å². The summed E-state index contributed by atoms with van der Waals surface area (Å²) < 4.78 is 35.6. The van der Waals surface area contributed by atoms with Crippen LogP contribution in [0.2, 0.25) is 0 Å². The van der Waals surface area contributed by atoms with Crippen molar-refractivity contribution in [3.63, 3.8) is 0 Å². The molecule has 7 heteroatoms. The molecule has 0 saturated heterocycles. The van der Waals surface area contributed by atoms with Crippen LogP contribution in [0.25, 0.3) is 0 Å². The van der Waals surface area contributed by atoms with E-state index in [4.69, 9.17) is 9.47 Å². The van der Waals surface area contributed by atoms with Crippen molar-refractivity contribution in [1.82, 2.24) is 4.31 Å². The van der Waals surface area contributed by atoms with Gasteiger partial charge in [-0.3, -0.25) is 4.79 Å². The molecule has 1 aromatic rings. The summed E-state index contributed by atoms with van der Waals surface area (Å²) in [5.41, 5.74) is 0. The molecule has 0 aliphatic rings. The lowest BCUT2D eigenvalue weighted by Gasteiger charge is -2.19. The highest BCUT2D eigenvalue weighted by atomic mass is 32.2. The number of ether oxygens (including phenoxy) is 2. The normalized spacial score (nSPS) is 11.4. The van der Waals surface area contributed by atoms with E-state index in [2.05, 4.69) is 0 Å². The Morgan fingerprint density at radius 1 is 1.20 bits per heavy atom. The highest BCUT2D eigenvalue weighted by Crippen LogP contribution is 2.19. The van der Waals surface area contributed by atoms with Crippen LogP contribution in [-0.4, -0.2) is 45.5 Å². The molecule has 1 aromatic carbocycles. The van der Waals surface area contributed by atoms with Gasteiger partial charge < -0.3 is 9.47 Å². The van der Waals surface area contributed by atoms with Gasteiger partial charge in [0.25, 0.3) is 0 Å². The van der Waals surface area contributed by atoms with Crippen molar-refractivity contribution in [3.8, 4) is 5.75 Å². The van der Waals surface area contributed by atoms with Gasteiger partial charge in [-0.1, -0.05) is 6.92 Å². The van der Waals surface area contributed by atoms with Gasteiger partial charge in [0.2, 0.25) is 10.0 Å². The number of hydrogen-bond acceptors (Lipinski definition) is 5. The second-order valence-corrected chi connectivity index (χ2v) is 5.85. The molecule has 0 N–H and O–H groups in total. The Kier molecular flexibility index (Phi) is 5.97. The van der Waals surface area contributed by atoms with E-state index in [0.717, 1.165) is 4.31 Å². The summed E-state index contributed by atoms with van der Waals surface area (Å²) in [6.07, 6.45) is 0. The van der Waals surface area contributed by atoms with Gasteiger partial charge in [0, 0.05) is 6.54 Å². The van der Waals surface area contributed by atoms with Crippen LogP contribution in [0.1, 0.15) is 13.8 Å². The van der Waals surface area contributed by atoms with Crippen molar-refractivity contribution in [2.75, 3.05) is 26.8 Å². The molecule has 6 nitrogen and oxygen atoms in total. The minimum absolute atomic E-state index is 0.115.